The number of esters is 1. The molecule has 1 aliphatic heterocycles. The molecule has 2 aliphatic carbocycles. The summed E-state index contributed by atoms with van der Waals surface area (Å²) in [5.41, 5.74) is 0.704. The maximum absolute atomic E-state index is 12.3. The van der Waals surface area contributed by atoms with Crippen LogP contribution in [0.25, 0.3) is 0 Å². The number of aryl methyl sites for hydroxylation is 1. The Morgan fingerprint density at radius 2 is 2.04 bits per heavy atom. The first kappa shape index (κ1) is 17.9. The Morgan fingerprint density at radius 3 is 2.69 bits per heavy atom. The number of hydrogen-bond acceptors (Lipinski definition) is 7. The highest BCUT2D eigenvalue weighted by Crippen LogP contribution is 2.39. The number of fused-ring (bicyclic) bond motifs is 1. The number of hydrogen-bond donors (Lipinski definition) is 1. The van der Waals surface area contributed by atoms with Crippen molar-refractivity contribution in [1.82, 2.24) is 9.29 Å². The minimum Gasteiger partial charge on any atom is -0.465 e. The third-order valence-electron chi connectivity index (χ3n) is 5.04. The molecule has 1 N–H and O–H groups in total. The molecule has 1 saturated heterocycles. The zero-order valence-electron chi connectivity index (χ0n) is 14.4. The lowest BCUT2D eigenvalue weighted by atomic mass is 10.0. The number of aromatic nitrogens is 1. The first-order valence-electron chi connectivity index (χ1n) is 8.86. The smallest absolute Gasteiger partial charge is 0.315 e. The fraction of sp³-hybridized carbons (Fsp3) is 0.688. The molecular formula is C16H21N3O5S2. The maximum atomic E-state index is 12.3. The standard InChI is InChI=1S/C16H21N3O5S2/c1-2-24-15(21)11-5-6-12-13(11)17-16(25-12)18-14(20)9-7-19(8-9)26(22,23)10-3-4-10/h9-11H,2-8H2,1H3,(H,17,18,20). The zero-order valence-corrected chi connectivity index (χ0v) is 16.1. The lowest BCUT2D eigenvalue weighted by Crippen LogP contribution is -2.55. The molecule has 10 heteroatoms. The van der Waals surface area contributed by atoms with Gasteiger partial charge in [0.15, 0.2) is 5.13 Å². The number of nitrogens with one attached hydrogen (secondary N) is 1. The van der Waals surface area contributed by atoms with Crippen molar-refractivity contribution < 1.29 is 22.7 Å². The van der Waals surface area contributed by atoms with Gasteiger partial charge in [-0.2, -0.15) is 4.31 Å². The van der Waals surface area contributed by atoms with E-state index in [1.54, 1.807) is 6.92 Å². The van der Waals surface area contributed by atoms with Crippen LogP contribution in [0.1, 0.15) is 42.7 Å². The van der Waals surface area contributed by atoms with Gasteiger partial charge in [0.2, 0.25) is 15.9 Å². The van der Waals surface area contributed by atoms with Crippen LogP contribution in [0.5, 0.6) is 0 Å². The molecule has 1 atom stereocenters. The third kappa shape index (κ3) is 3.14. The van der Waals surface area contributed by atoms with Gasteiger partial charge in [-0.15, -0.1) is 11.3 Å². The fourth-order valence-electron chi connectivity index (χ4n) is 3.35. The summed E-state index contributed by atoms with van der Waals surface area (Å²) in [7, 11) is -3.20. The molecule has 142 valence electrons. The normalized spacial score (nSPS) is 23.3. The third-order valence-corrected chi connectivity index (χ3v) is 8.42. The summed E-state index contributed by atoms with van der Waals surface area (Å²) < 4.78 is 30.7. The first-order valence-corrected chi connectivity index (χ1v) is 11.2. The van der Waals surface area contributed by atoms with E-state index in [4.69, 9.17) is 4.74 Å². The van der Waals surface area contributed by atoms with Crippen molar-refractivity contribution in [2.45, 2.75) is 43.8 Å². The van der Waals surface area contributed by atoms with E-state index in [0.717, 1.165) is 24.1 Å². The van der Waals surface area contributed by atoms with Crippen LogP contribution in [0.4, 0.5) is 5.13 Å². The van der Waals surface area contributed by atoms with Gasteiger partial charge in [0.25, 0.3) is 0 Å². The molecule has 1 unspecified atom stereocenters. The van der Waals surface area contributed by atoms with Crippen molar-refractivity contribution in [2.24, 2.45) is 5.92 Å². The SMILES string of the molecule is CCOC(=O)C1CCc2sc(NC(=O)C3CN(S(=O)(=O)C4CC4)C3)nc21. The Labute approximate surface area is 156 Å². The topological polar surface area (TPSA) is 106 Å². The predicted octanol–water partition coefficient (Wildman–Crippen LogP) is 1.10. The van der Waals surface area contributed by atoms with Crippen LogP contribution >= 0.6 is 11.3 Å². The number of amides is 1. The summed E-state index contributed by atoms with van der Waals surface area (Å²) in [5, 5.41) is 3.00. The van der Waals surface area contributed by atoms with E-state index in [9.17, 15) is 18.0 Å². The lowest BCUT2D eigenvalue weighted by Gasteiger charge is -2.36. The summed E-state index contributed by atoms with van der Waals surface area (Å²) in [6.07, 6.45) is 2.89. The monoisotopic (exact) mass is 399 g/mol. The summed E-state index contributed by atoms with van der Waals surface area (Å²) in [5.74, 6) is -1.18. The van der Waals surface area contributed by atoms with E-state index in [0.29, 0.717) is 23.9 Å². The van der Waals surface area contributed by atoms with Crippen molar-refractivity contribution in [3.05, 3.63) is 10.6 Å². The number of carbonyl (C=O) groups is 2. The van der Waals surface area contributed by atoms with Gasteiger partial charge in [0.05, 0.1) is 23.5 Å². The predicted molar refractivity (Wildman–Crippen MR) is 95.4 cm³/mol. The molecule has 4 rings (SSSR count). The van der Waals surface area contributed by atoms with E-state index in [-0.39, 0.29) is 42.1 Å². The molecule has 1 aromatic heterocycles. The van der Waals surface area contributed by atoms with Gasteiger partial charge < -0.3 is 10.1 Å². The largest absolute Gasteiger partial charge is 0.465 e. The highest BCUT2D eigenvalue weighted by Gasteiger charge is 2.47. The second-order valence-electron chi connectivity index (χ2n) is 6.92. The van der Waals surface area contributed by atoms with Crippen LogP contribution in [0.2, 0.25) is 0 Å². The molecule has 0 aromatic carbocycles. The average Bonchev–Trinajstić information content (AvgIpc) is 3.21. The van der Waals surface area contributed by atoms with E-state index in [1.807, 2.05) is 0 Å². The van der Waals surface area contributed by atoms with Crippen LogP contribution < -0.4 is 5.32 Å². The number of thiazole rings is 1. The van der Waals surface area contributed by atoms with Gasteiger partial charge in [-0.3, -0.25) is 9.59 Å². The maximum Gasteiger partial charge on any atom is 0.315 e. The Hall–Kier alpha value is -1.52. The summed E-state index contributed by atoms with van der Waals surface area (Å²) in [6.45, 7) is 2.58. The lowest BCUT2D eigenvalue weighted by molar-refractivity contribution is -0.145. The van der Waals surface area contributed by atoms with Gasteiger partial charge in [0, 0.05) is 18.0 Å². The van der Waals surface area contributed by atoms with E-state index >= 15 is 0 Å². The Bertz CT molecular complexity index is 840. The van der Waals surface area contributed by atoms with Crippen LogP contribution in [0.15, 0.2) is 0 Å². The number of anilines is 1. The molecule has 3 aliphatic rings. The van der Waals surface area contributed by atoms with E-state index < -0.39 is 10.0 Å². The fourth-order valence-corrected chi connectivity index (χ4v) is 6.32. The van der Waals surface area contributed by atoms with E-state index in [1.165, 1.54) is 15.6 Å². The molecule has 0 radical (unpaired) electrons. The highest BCUT2D eigenvalue weighted by molar-refractivity contribution is 7.90. The zero-order chi connectivity index (χ0) is 18.5. The molecule has 2 heterocycles. The summed E-state index contributed by atoms with van der Waals surface area (Å²) >= 11 is 1.38. The van der Waals surface area contributed by atoms with Crippen LogP contribution in [-0.2, 0) is 30.8 Å². The van der Waals surface area contributed by atoms with Crippen LogP contribution in [0, 0.1) is 5.92 Å². The number of sulfonamides is 1. The quantitative estimate of drug-likeness (QED) is 0.718. The van der Waals surface area contributed by atoms with Crippen molar-refractivity contribution >= 4 is 38.4 Å². The Morgan fingerprint density at radius 1 is 1.31 bits per heavy atom. The minimum absolute atomic E-state index is 0.215. The van der Waals surface area contributed by atoms with Gasteiger partial charge >= 0.3 is 5.97 Å². The van der Waals surface area contributed by atoms with E-state index in [2.05, 4.69) is 10.3 Å². The molecular weight excluding hydrogens is 378 g/mol. The molecule has 0 bridgehead atoms. The molecule has 1 aromatic rings. The number of rotatable bonds is 6. The molecule has 0 spiro atoms. The highest BCUT2D eigenvalue weighted by atomic mass is 32.2. The van der Waals surface area contributed by atoms with Gasteiger partial charge in [-0.1, -0.05) is 0 Å². The van der Waals surface area contributed by atoms with Crippen LogP contribution in [0.3, 0.4) is 0 Å². The molecule has 26 heavy (non-hydrogen) atoms. The minimum atomic E-state index is -3.20. The van der Waals surface area contributed by atoms with Crippen molar-refractivity contribution in [3.8, 4) is 0 Å². The molecule has 8 nitrogen and oxygen atoms in total. The first-order chi connectivity index (χ1) is 12.4. The summed E-state index contributed by atoms with van der Waals surface area (Å²) in [4.78, 5) is 29.7. The molecule has 2 fully saturated rings. The van der Waals surface area contributed by atoms with Gasteiger partial charge in [-0.25, -0.2) is 13.4 Å². The number of ether oxygens (including phenoxy) is 1. The van der Waals surface area contributed by atoms with Gasteiger partial charge in [0.1, 0.15) is 5.92 Å². The second kappa shape index (κ2) is 6.58. The number of nitrogens with zero attached hydrogens (tertiary/aromatic N) is 2. The van der Waals surface area contributed by atoms with Crippen molar-refractivity contribution in [2.75, 3.05) is 25.0 Å². The second-order valence-corrected chi connectivity index (χ2v) is 10.2. The molecule has 1 saturated carbocycles. The average molecular weight is 399 g/mol. The summed E-state index contributed by atoms with van der Waals surface area (Å²) in [6, 6.07) is 0. The van der Waals surface area contributed by atoms with Gasteiger partial charge in [-0.05, 0) is 32.6 Å². The Kier molecular flexibility index (Phi) is 4.52. The van der Waals surface area contributed by atoms with Crippen molar-refractivity contribution in [3.63, 3.8) is 0 Å². The molecule has 1 amide bonds. The Balaban J connectivity index is 1.35. The van der Waals surface area contributed by atoms with Crippen molar-refractivity contribution in [1.29, 1.82) is 0 Å². The number of carbonyl (C=O) groups excluding carboxylic acids is 2. The van der Waals surface area contributed by atoms with Crippen LogP contribution in [-0.4, -0.2) is 54.5 Å².